The Hall–Kier alpha value is -2.57. The highest BCUT2D eigenvalue weighted by atomic mass is 16.5. The molecule has 2 saturated heterocycles. The van der Waals surface area contributed by atoms with Gasteiger partial charge in [0.25, 0.3) is 0 Å². The molecule has 0 unspecified atom stereocenters. The van der Waals surface area contributed by atoms with Crippen LogP contribution in [0.15, 0.2) is 24.3 Å². The zero-order valence-electron chi connectivity index (χ0n) is 19.3. The van der Waals surface area contributed by atoms with Crippen LogP contribution in [0.3, 0.4) is 0 Å². The molecule has 1 aromatic carbocycles. The lowest BCUT2D eigenvalue weighted by molar-refractivity contribution is -0.151. The van der Waals surface area contributed by atoms with Crippen LogP contribution in [0.1, 0.15) is 57.1 Å². The first-order chi connectivity index (χ1) is 15.5. The second kappa shape index (κ2) is 9.92. The molecule has 0 radical (unpaired) electrons. The van der Waals surface area contributed by atoms with Crippen molar-refractivity contribution in [3.8, 4) is 5.75 Å². The Labute approximate surface area is 190 Å². The summed E-state index contributed by atoms with van der Waals surface area (Å²) < 4.78 is 5.62. The number of methoxy groups -OCH3 is 1. The molecule has 0 N–H and O–H groups in total. The highest BCUT2D eigenvalue weighted by molar-refractivity contribution is 5.86. The van der Waals surface area contributed by atoms with Gasteiger partial charge >= 0.3 is 0 Å². The van der Waals surface area contributed by atoms with Crippen LogP contribution >= 0.6 is 0 Å². The molecule has 3 fully saturated rings. The van der Waals surface area contributed by atoms with Crippen molar-refractivity contribution in [1.29, 1.82) is 0 Å². The molecule has 2 aliphatic heterocycles. The summed E-state index contributed by atoms with van der Waals surface area (Å²) in [5.41, 5.74) is 0.903. The van der Waals surface area contributed by atoms with E-state index in [2.05, 4.69) is 6.92 Å². The van der Waals surface area contributed by atoms with Gasteiger partial charge in [0.2, 0.25) is 17.7 Å². The number of amides is 3. The SMILES string of the molecule is CCCCN1C(=O)CC[C@@H](C(=O)N2CCN(C(=O)C3CC3)CC2)[C@@H]1c1ccccc1OC. The molecule has 7 nitrogen and oxygen atoms in total. The number of carbonyl (C=O) groups excluding carboxylic acids is 3. The number of carbonyl (C=O) groups is 3. The van der Waals surface area contributed by atoms with Gasteiger partial charge in [0.1, 0.15) is 5.75 Å². The quantitative estimate of drug-likeness (QED) is 0.652. The number of piperazine rings is 1. The minimum absolute atomic E-state index is 0.0911. The third kappa shape index (κ3) is 4.62. The van der Waals surface area contributed by atoms with Gasteiger partial charge in [0.05, 0.1) is 19.1 Å². The minimum Gasteiger partial charge on any atom is -0.496 e. The van der Waals surface area contributed by atoms with Crippen molar-refractivity contribution in [2.45, 2.75) is 51.5 Å². The maximum absolute atomic E-state index is 13.7. The van der Waals surface area contributed by atoms with Crippen molar-refractivity contribution in [2.24, 2.45) is 11.8 Å². The Morgan fingerprint density at radius 2 is 1.66 bits per heavy atom. The first-order valence-corrected chi connectivity index (χ1v) is 12.0. The summed E-state index contributed by atoms with van der Waals surface area (Å²) in [7, 11) is 1.63. The van der Waals surface area contributed by atoms with E-state index in [9.17, 15) is 14.4 Å². The lowest BCUT2D eigenvalue weighted by Crippen LogP contribution is -2.55. The van der Waals surface area contributed by atoms with E-state index in [1.54, 1.807) is 7.11 Å². The zero-order valence-corrected chi connectivity index (χ0v) is 19.3. The molecule has 0 bridgehead atoms. The van der Waals surface area contributed by atoms with Gasteiger partial charge in [-0.15, -0.1) is 0 Å². The van der Waals surface area contributed by atoms with Crippen molar-refractivity contribution < 1.29 is 19.1 Å². The molecule has 4 rings (SSSR count). The van der Waals surface area contributed by atoms with E-state index >= 15 is 0 Å². The summed E-state index contributed by atoms with van der Waals surface area (Å²) in [6.07, 6.45) is 4.83. The monoisotopic (exact) mass is 441 g/mol. The molecule has 1 saturated carbocycles. The van der Waals surface area contributed by atoms with Gasteiger partial charge in [-0.2, -0.15) is 0 Å². The number of benzene rings is 1. The van der Waals surface area contributed by atoms with Crippen molar-refractivity contribution in [3.63, 3.8) is 0 Å². The molecule has 1 aliphatic carbocycles. The number of nitrogens with zero attached hydrogens (tertiary/aromatic N) is 3. The molecule has 2 atom stereocenters. The summed E-state index contributed by atoms with van der Waals surface area (Å²) in [6, 6.07) is 7.41. The van der Waals surface area contributed by atoms with Crippen LogP contribution in [0.25, 0.3) is 0 Å². The normalized spacial score (nSPS) is 23.9. The van der Waals surface area contributed by atoms with Gasteiger partial charge in [0, 0.05) is 50.6 Å². The van der Waals surface area contributed by atoms with Gasteiger partial charge in [0.15, 0.2) is 0 Å². The predicted octanol–water partition coefficient (Wildman–Crippen LogP) is 2.86. The molecule has 3 aliphatic rings. The molecule has 32 heavy (non-hydrogen) atoms. The summed E-state index contributed by atoms with van der Waals surface area (Å²) in [4.78, 5) is 44.8. The maximum Gasteiger partial charge on any atom is 0.228 e. The number of hydrogen-bond acceptors (Lipinski definition) is 4. The molecule has 7 heteroatoms. The fourth-order valence-electron chi connectivity index (χ4n) is 5.07. The predicted molar refractivity (Wildman–Crippen MR) is 121 cm³/mol. The Morgan fingerprint density at radius 1 is 1.00 bits per heavy atom. The standard InChI is InChI=1S/C25H35N3O4/c1-3-4-13-28-22(29)12-11-20(23(28)19-7-5-6-8-21(19)32-2)25(31)27-16-14-26(15-17-27)24(30)18-9-10-18/h5-8,18,20,23H,3-4,9-17H2,1-2H3/t20-,23+/m1/s1. The van der Waals surface area contributed by atoms with E-state index < -0.39 is 0 Å². The van der Waals surface area contributed by atoms with Crippen LogP contribution < -0.4 is 4.74 Å². The Balaban J connectivity index is 1.55. The zero-order chi connectivity index (χ0) is 22.7. The Bertz CT molecular complexity index is 845. The summed E-state index contributed by atoms with van der Waals surface area (Å²) >= 11 is 0. The average Bonchev–Trinajstić information content (AvgIpc) is 3.68. The lowest BCUT2D eigenvalue weighted by Gasteiger charge is -2.44. The fourth-order valence-corrected chi connectivity index (χ4v) is 5.07. The lowest BCUT2D eigenvalue weighted by atomic mass is 9.82. The molecular formula is C25H35N3O4. The molecule has 0 aromatic heterocycles. The van der Waals surface area contributed by atoms with Crippen molar-refractivity contribution >= 4 is 17.7 Å². The van der Waals surface area contributed by atoms with Crippen LogP contribution in [0.5, 0.6) is 5.75 Å². The molecule has 2 heterocycles. The molecule has 3 amide bonds. The number of ether oxygens (including phenoxy) is 1. The molecular weight excluding hydrogens is 406 g/mol. The third-order valence-electron chi connectivity index (χ3n) is 7.06. The van der Waals surface area contributed by atoms with Gasteiger partial charge in [-0.25, -0.2) is 0 Å². The number of hydrogen-bond donors (Lipinski definition) is 0. The van der Waals surface area contributed by atoms with E-state index in [1.165, 1.54) is 0 Å². The smallest absolute Gasteiger partial charge is 0.228 e. The number of likely N-dealkylation sites (tertiary alicyclic amines) is 1. The summed E-state index contributed by atoms with van der Waals surface area (Å²) in [6.45, 7) is 5.09. The van der Waals surface area contributed by atoms with Crippen molar-refractivity contribution in [1.82, 2.24) is 14.7 Å². The second-order valence-electron chi connectivity index (χ2n) is 9.20. The van der Waals surface area contributed by atoms with E-state index in [1.807, 2.05) is 39.0 Å². The Morgan fingerprint density at radius 3 is 2.28 bits per heavy atom. The van der Waals surface area contributed by atoms with Crippen LogP contribution in [-0.4, -0.2) is 72.3 Å². The van der Waals surface area contributed by atoms with Crippen LogP contribution in [0.2, 0.25) is 0 Å². The van der Waals surface area contributed by atoms with Crippen LogP contribution in [0, 0.1) is 11.8 Å². The molecule has 0 spiro atoms. The first kappa shape index (κ1) is 22.6. The minimum atomic E-state index is -0.322. The highest BCUT2D eigenvalue weighted by Crippen LogP contribution is 2.41. The van der Waals surface area contributed by atoms with Gasteiger partial charge in [-0.3, -0.25) is 14.4 Å². The van der Waals surface area contributed by atoms with E-state index in [0.717, 1.165) is 31.2 Å². The third-order valence-corrected chi connectivity index (χ3v) is 7.06. The van der Waals surface area contributed by atoms with Crippen molar-refractivity contribution in [3.05, 3.63) is 29.8 Å². The number of piperidine rings is 1. The largest absolute Gasteiger partial charge is 0.496 e. The number of unbranched alkanes of at least 4 members (excludes halogenated alkanes) is 1. The summed E-state index contributed by atoms with van der Waals surface area (Å²) in [5, 5.41) is 0. The maximum atomic E-state index is 13.7. The summed E-state index contributed by atoms with van der Waals surface area (Å²) in [5.74, 6) is 1.08. The van der Waals surface area contributed by atoms with Gasteiger partial charge < -0.3 is 19.4 Å². The fraction of sp³-hybridized carbons (Fsp3) is 0.640. The number of rotatable bonds is 7. The van der Waals surface area contributed by atoms with E-state index in [4.69, 9.17) is 4.74 Å². The second-order valence-corrected chi connectivity index (χ2v) is 9.20. The highest BCUT2D eigenvalue weighted by Gasteiger charge is 2.44. The van der Waals surface area contributed by atoms with Crippen LogP contribution in [0.4, 0.5) is 0 Å². The molecule has 174 valence electrons. The Kier molecular flexibility index (Phi) is 7.01. The van der Waals surface area contributed by atoms with Gasteiger partial charge in [-0.1, -0.05) is 31.5 Å². The average molecular weight is 442 g/mol. The van der Waals surface area contributed by atoms with E-state index in [0.29, 0.717) is 51.3 Å². The van der Waals surface area contributed by atoms with E-state index in [-0.39, 0.29) is 35.6 Å². The van der Waals surface area contributed by atoms with Crippen LogP contribution in [-0.2, 0) is 14.4 Å². The first-order valence-electron chi connectivity index (χ1n) is 12.0. The molecule has 1 aromatic rings. The topological polar surface area (TPSA) is 70.2 Å². The van der Waals surface area contributed by atoms with Gasteiger partial charge in [-0.05, 0) is 31.7 Å². The number of para-hydroxylation sites is 1. The van der Waals surface area contributed by atoms with Crippen molar-refractivity contribution in [2.75, 3.05) is 39.8 Å².